The van der Waals surface area contributed by atoms with Crippen molar-refractivity contribution in [3.63, 3.8) is 0 Å². The molecule has 41 heavy (non-hydrogen) atoms. The number of thiazole rings is 1. The molecule has 5 aromatic rings. The molecule has 13 nitrogen and oxygen atoms in total. The minimum absolute atomic E-state index is 0.00676. The maximum Gasteiger partial charge on any atom is 0.276 e. The lowest BCUT2D eigenvalue weighted by molar-refractivity contribution is 0.0562. The largest absolute Gasteiger partial charge is 0.382 e. The van der Waals surface area contributed by atoms with E-state index in [9.17, 15) is 13.2 Å². The lowest BCUT2D eigenvalue weighted by Gasteiger charge is -2.38. The zero-order valence-electron chi connectivity index (χ0n) is 22.2. The topological polar surface area (TPSA) is 178 Å². The molecule has 0 aromatic carbocycles. The molecule has 0 aliphatic carbocycles. The number of nitrogens with one attached hydrogen (secondary N) is 1. The second-order valence-electron chi connectivity index (χ2n) is 10.6. The second-order valence-corrected chi connectivity index (χ2v) is 13.6. The van der Waals surface area contributed by atoms with Crippen molar-refractivity contribution in [3.05, 3.63) is 52.5 Å². The molecular weight excluding hydrogens is 564 g/mol. The Kier molecular flexibility index (Phi) is 5.90. The van der Waals surface area contributed by atoms with Crippen molar-refractivity contribution in [2.75, 3.05) is 12.0 Å². The Labute approximate surface area is 238 Å². The van der Waals surface area contributed by atoms with Gasteiger partial charge in [-0.15, -0.1) is 11.3 Å². The van der Waals surface area contributed by atoms with Crippen LogP contribution in [0.1, 0.15) is 52.8 Å². The number of nitrogens with two attached hydrogens (primary N) is 1. The molecule has 2 saturated heterocycles. The number of anilines is 1. The minimum Gasteiger partial charge on any atom is -0.382 e. The summed E-state index contributed by atoms with van der Waals surface area (Å²) in [6.45, 7) is 1.95. The fourth-order valence-electron chi connectivity index (χ4n) is 6.23. The average molecular weight is 591 g/mol. The molecule has 7 rings (SSSR count). The van der Waals surface area contributed by atoms with E-state index in [-0.39, 0.29) is 40.3 Å². The molecule has 0 unspecified atom stereocenters. The highest BCUT2D eigenvalue weighted by Crippen LogP contribution is 2.45. The van der Waals surface area contributed by atoms with E-state index in [0.717, 1.165) is 41.1 Å². The summed E-state index contributed by atoms with van der Waals surface area (Å²) in [6.07, 6.45) is 8.71. The van der Waals surface area contributed by atoms with E-state index in [1.807, 2.05) is 29.3 Å². The number of aromatic nitrogens is 8. The van der Waals surface area contributed by atoms with Gasteiger partial charge in [0.2, 0.25) is 0 Å². The number of H-pyrrole nitrogens is 1. The van der Waals surface area contributed by atoms with Crippen LogP contribution in [0, 0.1) is 6.92 Å². The number of rotatable bonds is 5. The molecule has 5 aromatic heterocycles. The van der Waals surface area contributed by atoms with Crippen LogP contribution in [-0.4, -0.2) is 77.5 Å². The second kappa shape index (κ2) is 9.41. The van der Waals surface area contributed by atoms with Gasteiger partial charge in [0.15, 0.2) is 21.2 Å². The summed E-state index contributed by atoms with van der Waals surface area (Å²) in [4.78, 5) is 29.0. The highest BCUT2D eigenvalue weighted by molar-refractivity contribution is 7.91. The summed E-state index contributed by atoms with van der Waals surface area (Å²) < 4.78 is 27.5. The molecule has 1 amide bonds. The number of amides is 1. The predicted octanol–water partition coefficient (Wildman–Crippen LogP) is 2.88. The summed E-state index contributed by atoms with van der Waals surface area (Å²) in [7, 11) is -3.74. The van der Waals surface area contributed by atoms with Gasteiger partial charge in [-0.3, -0.25) is 9.78 Å². The number of nitrogen functional groups attached to an aromatic ring is 1. The Bertz CT molecular complexity index is 1880. The van der Waals surface area contributed by atoms with Gasteiger partial charge in [0, 0.05) is 47.0 Å². The van der Waals surface area contributed by atoms with Crippen molar-refractivity contribution >= 4 is 38.5 Å². The molecular formula is C26H26N10O3S2. The number of carbonyl (C=O) groups is 1. The van der Waals surface area contributed by atoms with Crippen LogP contribution in [0.5, 0.6) is 0 Å². The van der Waals surface area contributed by atoms with Gasteiger partial charge in [-0.25, -0.2) is 18.4 Å². The van der Waals surface area contributed by atoms with E-state index in [1.165, 1.54) is 10.7 Å². The SMILES string of the molecule is Cc1nc(-c2ccc(-c3cnn4c(N)c(S(C)(=O)=O)c([C@H]5C[C@H]6CC[C@@H](C5)N6C(=O)c5cn[nH]n5)nc34)cn2)cs1. The van der Waals surface area contributed by atoms with Crippen LogP contribution >= 0.6 is 11.3 Å². The maximum absolute atomic E-state index is 13.2. The van der Waals surface area contributed by atoms with Crippen molar-refractivity contribution in [1.82, 2.24) is 44.9 Å². The fourth-order valence-corrected chi connectivity index (χ4v) is 7.90. The normalized spacial score (nSPS) is 20.6. The van der Waals surface area contributed by atoms with Gasteiger partial charge in [0.05, 0.1) is 34.5 Å². The third-order valence-electron chi connectivity index (χ3n) is 7.98. The zero-order valence-corrected chi connectivity index (χ0v) is 23.9. The summed E-state index contributed by atoms with van der Waals surface area (Å²) in [5.74, 6) is -0.352. The Balaban J connectivity index is 1.28. The average Bonchev–Trinajstić information content (AvgIpc) is 3.74. The number of carbonyl (C=O) groups excluding carboxylic acids is 1. The Morgan fingerprint density at radius 1 is 1.10 bits per heavy atom. The van der Waals surface area contributed by atoms with Crippen LogP contribution in [0.25, 0.3) is 28.2 Å². The van der Waals surface area contributed by atoms with Crippen LogP contribution in [0.15, 0.2) is 41.0 Å². The first-order chi connectivity index (χ1) is 19.7. The van der Waals surface area contributed by atoms with Gasteiger partial charge in [-0.05, 0) is 38.7 Å². The molecule has 7 heterocycles. The third-order valence-corrected chi connectivity index (χ3v) is 9.91. The molecule has 15 heteroatoms. The monoisotopic (exact) mass is 590 g/mol. The lowest BCUT2D eigenvalue weighted by Crippen LogP contribution is -2.46. The van der Waals surface area contributed by atoms with Crippen molar-refractivity contribution in [2.45, 2.75) is 55.5 Å². The van der Waals surface area contributed by atoms with Crippen LogP contribution in [0.3, 0.4) is 0 Å². The maximum atomic E-state index is 13.2. The van der Waals surface area contributed by atoms with E-state index >= 15 is 0 Å². The molecule has 2 aliphatic heterocycles. The Hall–Kier alpha value is -4.24. The van der Waals surface area contributed by atoms with Crippen molar-refractivity contribution in [3.8, 4) is 22.5 Å². The molecule has 3 atom stereocenters. The molecule has 210 valence electrons. The number of hydrogen-bond donors (Lipinski definition) is 2. The standard InChI is InChI=1S/C26H26N10O3S2/c1-13-31-21(12-40-13)19-6-3-14(9-28-19)18-10-30-36-24(27)23(41(2,38)39)22(32-25(18)36)15-7-16-4-5-17(8-15)35(16)26(37)20-11-29-34-33-20/h3,6,9-12,15-17H,4-5,7-8,27H2,1-2H3,(H,29,33,34)/t15-,16+,17-. The van der Waals surface area contributed by atoms with Crippen molar-refractivity contribution in [1.29, 1.82) is 0 Å². The first-order valence-electron chi connectivity index (χ1n) is 13.1. The third kappa shape index (κ3) is 4.26. The number of hydrogen-bond acceptors (Lipinski definition) is 11. The minimum atomic E-state index is -3.74. The molecule has 2 bridgehead atoms. The van der Waals surface area contributed by atoms with E-state index in [1.54, 1.807) is 23.7 Å². The molecule has 2 aliphatic rings. The Morgan fingerprint density at radius 2 is 1.88 bits per heavy atom. The number of nitrogens with zero attached hydrogens (tertiary/aromatic N) is 8. The molecule has 0 spiro atoms. The van der Waals surface area contributed by atoms with Crippen LogP contribution in [-0.2, 0) is 9.84 Å². The Morgan fingerprint density at radius 3 is 2.49 bits per heavy atom. The van der Waals surface area contributed by atoms with Crippen molar-refractivity contribution in [2.24, 2.45) is 0 Å². The summed E-state index contributed by atoms with van der Waals surface area (Å²) in [5, 5.41) is 17.6. The fraction of sp³-hybridized carbons (Fsp3) is 0.346. The molecule has 0 radical (unpaired) electrons. The number of pyridine rings is 1. The van der Waals surface area contributed by atoms with Gasteiger partial charge in [-0.1, -0.05) is 6.07 Å². The quantitative estimate of drug-likeness (QED) is 0.309. The molecule has 2 fully saturated rings. The lowest BCUT2D eigenvalue weighted by atomic mass is 9.87. The van der Waals surface area contributed by atoms with E-state index in [4.69, 9.17) is 10.7 Å². The predicted molar refractivity (Wildman–Crippen MR) is 151 cm³/mol. The number of sulfone groups is 1. The highest BCUT2D eigenvalue weighted by Gasteiger charge is 2.46. The van der Waals surface area contributed by atoms with Crippen LogP contribution < -0.4 is 5.73 Å². The van der Waals surface area contributed by atoms with Gasteiger partial charge < -0.3 is 10.6 Å². The van der Waals surface area contributed by atoms with Crippen LogP contribution in [0.2, 0.25) is 0 Å². The molecule has 3 N–H and O–H groups in total. The van der Waals surface area contributed by atoms with Crippen molar-refractivity contribution < 1.29 is 13.2 Å². The number of piperidine rings is 1. The van der Waals surface area contributed by atoms with Gasteiger partial charge in [0.1, 0.15) is 10.7 Å². The van der Waals surface area contributed by atoms with Gasteiger partial charge in [0.25, 0.3) is 5.91 Å². The van der Waals surface area contributed by atoms with E-state index in [0.29, 0.717) is 29.7 Å². The van der Waals surface area contributed by atoms with Gasteiger partial charge in [-0.2, -0.15) is 25.0 Å². The van der Waals surface area contributed by atoms with E-state index in [2.05, 4.69) is 30.5 Å². The first kappa shape index (κ1) is 25.7. The summed E-state index contributed by atoms with van der Waals surface area (Å²) in [6, 6.07) is 3.68. The smallest absolute Gasteiger partial charge is 0.276 e. The zero-order chi connectivity index (χ0) is 28.5. The summed E-state index contributed by atoms with van der Waals surface area (Å²) >= 11 is 1.56. The highest BCUT2D eigenvalue weighted by atomic mass is 32.2. The number of fused-ring (bicyclic) bond motifs is 3. The number of aryl methyl sites for hydroxylation is 1. The van der Waals surface area contributed by atoms with Crippen LogP contribution in [0.4, 0.5) is 5.82 Å². The number of aromatic amines is 1. The van der Waals surface area contributed by atoms with Gasteiger partial charge >= 0.3 is 0 Å². The first-order valence-corrected chi connectivity index (χ1v) is 15.9. The molecule has 0 saturated carbocycles. The van der Waals surface area contributed by atoms with E-state index < -0.39 is 9.84 Å². The summed E-state index contributed by atoms with van der Waals surface area (Å²) in [5.41, 5.74) is 10.7.